The van der Waals surface area contributed by atoms with Crippen LogP contribution in [0.15, 0.2) is 36.4 Å². The fourth-order valence-corrected chi connectivity index (χ4v) is 2.92. The Bertz CT molecular complexity index is 426. The van der Waals surface area contributed by atoms with Gasteiger partial charge >= 0.3 is 0 Å². The van der Waals surface area contributed by atoms with E-state index in [1.165, 1.54) is 6.42 Å². The predicted octanol–water partition coefficient (Wildman–Crippen LogP) is 2.18. The molecule has 90 valence electrons. The highest BCUT2D eigenvalue weighted by Gasteiger charge is 2.40. The van der Waals surface area contributed by atoms with Gasteiger partial charge in [0, 0.05) is 11.6 Å². The number of allylic oxidation sites excluding steroid dienone is 2. The van der Waals surface area contributed by atoms with Crippen molar-refractivity contribution in [2.45, 2.75) is 19.1 Å². The van der Waals surface area contributed by atoms with Crippen LogP contribution in [0.1, 0.15) is 12.8 Å². The third-order valence-electron chi connectivity index (χ3n) is 3.83. The van der Waals surface area contributed by atoms with Crippen LogP contribution in [0.2, 0.25) is 0 Å². The average Bonchev–Trinajstić information content (AvgIpc) is 2.94. The first-order valence-corrected chi connectivity index (χ1v) is 6.11. The number of rotatable bonds is 3. The highest BCUT2D eigenvalue weighted by atomic mass is 16.6. The molecule has 3 nitrogen and oxygen atoms in total. The summed E-state index contributed by atoms with van der Waals surface area (Å²) >= 11 is 0. The first kappa shape index (κ1) is 10.7. The largest absolute Gasteiger partial charge is 0.465 e. The molecule has 4 atom stereocenters. The van der Waals surface area contributed by atoms with Crippen molar-refractivity contribution in [3.8, 4) is 5.75 Å². The lowest BCUT2D eigenvalue weighted by Crippen LogP contribution is -2.29. The summed E-state index contributed by atoms with van der Waals surface area (Å²) in [5, 5.41) is 10.1. The van der Waals surface area contributed by atoms with Crippen molar-refractivity contribution in [1.82, 2.24) is 0 Å². The Kier molecular flexibility index (Phi) is 2.56. The van der Waals surface area contributed by atoms with Crippen LogP contribution in [0.3, 0.4) is 0 Å². The van der Waals surface area contributed by atoms with E-state index >= 15 is 0 Å². The van der Waals surface area contributed by atoms with Gasteiger partial charge in [0.2, 0.25) is 6.29 Å². The van der Waals surface area contributed by atoms with Crippen molar-refractivity contribution < 1.29 is 9.84 Å². The van der Waals surface area contributed by atoms with Gasteiger partial charge in [0.25, 0.3) is 0 Å². The Hall–Kier alpha value is -1.48. The smallest absolute Gasteiger partial charge is 0.200 e. The molecule has 0 aromatic heterocycles. The molecular formula is C14H17NO2. The van der Waals surface area contributed by atoms with Crippen molar-refractivity contribution in [2.24, 2.45) is 17.8 Å². The van der Waals surface area contributed by atoms with Gasteiger partial charge in [-0.25, -0.2) is 0 Å². The minimum atomic E-state index is -0.710. The zero-order valence-electron chi connectivity index (χ0n) is 9.62. The maximum Gasteiger partial charge on any atom is 0.200 e. The molecule has 1 aromatic carbocycles. The molecule has 3 rings (SSSR count). The topological polar surface area (TPSA) is 55.5 Å². The van der Waals surface area contributed by atoms with Gasteiger partial charge in [-0.2, -0.15) is 0 Å². The van der Waals surface area contributed by atoms with E-state index in [1.807, 2.05) is 0 Å². The number of aliphatic hydroxyl groups is 1. The van der Waals surface area contributed by atoms with Crippen molar-refractivity contribution in [1.29, 1.82) is 0 Å². The van der Waals surface area contributed by atoms with Crippen molar-refractivity contribution in [3.63, 3.8) is 0 Å². The van der Waals surface area contributed by atoms with Crippen LogP contribution in [-0.2, 0) is 0 Å². The van der Waals surface area contributed by atoms with E-state index in [0.29, 0.717) is 23.3 Å². The number of hydrogen-bond acceptors (Lipinski definition) is 3. The molecule has 2 aliphatic carbocycles. The maximum absolute atomic E-state index is 10.1. The molecule has 4 unspecified atom stereocenters. The van der Waals surface area contributed by atoms with E-state index in [1.54, 1.807) is 24.3 Å². The summed E-state index contributed by atoms with van der Waals surface area (Å²) in [4.78, 5) is 0. The van der Waals surface area contributed by atoms with Crippen LogP contribution in [0.5, 0.6) is 5.75 Å². The second-order valence-electron chi connectivity index (χ2n) is 5.02. The number of nitrogen functional groups attached to an aromatic ring is 1. The lowest BCUT2D eigenvalue weighted by molar-refractivity contribution is -0.0697. The molecule has 0 radical (unpaired) electrons. The molecule has 3 heteroatoms. The third kappa shape index (κ3) is 2.03. The number of anilines is 1. The summed E-state index contributed by atoms with van der Waals surface area (Å²) in [5.41, 5.74) is 6.31. The van der Waals surface area contributed by atoms with Gasteiger partial charge < -0.3 is 15.6 Å². The standard InChI is InChI=1S/C14H17NO2/c15-11-3-5-12(6-4-11)17-14(16)13-8-9-1-2-10(13)7-9/h1-6,9-10,13-14,16H,7-8,15H2. The molecule has 0 amide bonds. The minimum Gasteiger partial charge on any atom is -0.465 e. The summed E-state index contributed by atoms with van der Waals surface area (Å²) in [5.74, 6) is 2.06. The molecule has 0 spiro atoms. The molecule has 17 heavy (non-hydrogen) atoms. The van der Waals surface area contributed by atoms with Gasteiger partial charge in [0.05, 0.1) is 0 Å². The molecule has 0 saturated heterocycles. The van der Waals surface area contributed by atoms with Crippen LogP contribution in [-0.4, -0.2) is 11.4 Å². The van der Waals surface area contributed by atoms with E-state index < -0.39 is 6.29 Å². The first-order chi connectivity index (χ1) is 8.22. The highest BCUT2D eigenvalue weighted by Crippen LogP contribution is 2.45. The number of nitrogens with two attached hydrogens (primary N) is 1. The Labute approximate surface area is 101 Å². The Morgan fingerprint density at radius 1 is 1.18 bits per heavy atom. The molecule has 1 aromatic rings. The van der Waals surface area contributed by atoms with E-state index in [4.69, 9.17) is 10.5 Å². The van der Waals surface area contributed by atoms with Gasteiger partial charge in [0.15, 0.2) is 0 Å². The van der Waals surface area contributed by atoms with E-state index in [0.717, 1.165) is 6.42 Å². The quantitative estimate of drug-likeness (QED) is 0.476. The summed E-state index contributed by atoms with van der Waals surface area (Å²) in [6, 6.07) is 7.15. The number of benzene rings is 1. The zero-order valence-corrected chi connectivity index (χ0v) is 9.62. The summed E-state index contributed by atoms with van der Waals surface area (Å²) in [6.45, 7) is 0. The molecule has 0 heterocycles. The Morgan fingerprint density at radius 3 is 2.53 bits per heavy atom. The Morgan fingerprint density at radius 2 is 1.94 bits per heavy atom. The van der Waals surface area contributed by atoms with Crippen LogP contribution in [0.4, 0.5) is 5.69 Å². The van der Waals surface area contributed by atoms with E-state index in [-0.39, 0.29) is 5.92 Å². The number of hydrogen-bond donors (Lipinski definition) is 2. The van der Waals surface area contributed by atoms with Crippen LogP contribution < -0.4 is 10.5 Å². The SMILES string of the molecule is Nc1ccc(OC(O)C2CC3C=CC2C3)cc1. The molecule has 1 fully saturated rings. The average molecular weight is 231 g/mol. The van der Waals surface area contributed by atoms with Crippen molar-refractivity contribution >= 4 is 5.69 Å². The fraction of sp³-hybridized carbons (Fsp3) is 0.429. The highest BCUT2D eigenvalue weighted by molar-refractivity contribution is 5.41. The molecule has 0 aliphatic heterocycles. The number of fused-ring (bicyclic) bond motifs is 2. The van der Waals surface area contributed by atoms with Gasteiger partial charge in [0.1, 0.15) is 5.75 Å². The minimum absolute atomic E-state index is 0.238. The third-order valence-corrected chi connectivity index (χ3v) is 3.83. The van der Waals surface area contributed by atoms with Crippen molar-refractivity contribution in [3.05, 3.63) is 36.4 Å². The lowest BCUT2D eigenvalue weighted by Gasteiger charge is -2.24. The van der Waals surface area contributed by atoms with Gasteiger partial charge in [-0.15, -0.1) is 0 Å². The maximum atomic E-state index is 10.1. The number of ether oxygens (including phenoxy) is 1. The van der Waals surface area contributed by atoms with Gasteiger partial charge in [-0.05, 0) is 48.9 Å². The molecule has 3 N–H and O–H groups in total. The second kappa shape index (κ2) is 4.08. The lowest BCUT2D eigenvalue weighted by atomic mass is 9.93. The zero-order chi connectivity index (χ0) is 11.8. The van der Waals surface area contributed by atoms with E-state index in [9.17, 15) is 5.11 Å². The number of aliphatic hydroxyl groups excluding tert-OH is 1. The van der Waals surface area contributed by atoms with Gasteiger partial charge in [-0.1, -0.05) is 12.2 Å². The first-order valence-electron chi connectivity index (χ1n) is 6.11. The monoisotopic (exact) mass is 231 g/mol. The molecular weight excluding hydrogens is 214 g/mol. The predicted molar refractivity (Wildman–Crippen MR) is 66.3 cm³/mol. The fourth-order valence-electron chi connectivity index (χ4n) is 2.92. The normalized spacial score (nSPS) is 31.7. The summed E-state index contributed by atoms with van der Waals surface area (Å²) in [7, 11) is 0. The summed E-state index contributed by atoms with van der Waals surface area (Å²) in [6.07, 6.45) is 5.98. The van der Waals surface area contributed by atoms with Gasteiger partial charge in [-0.3, -0.25) is 0 Å². The summed E-state index contributed by atoms with van der Waals surface area (Å²) < 4.78 is 5.57. The van der Waals surface area contributed by atoms with E-state index in [2.05, 4.69) is 12.2 Å². The second-order valence-corrected chi connectivity index (χ2v) is 5.02. The Balaban J connectivity index is 1.65. The van der Waals surface area contributed by atoms with Crippen molar-refractivity contribution in [2.75, 3.05) is 5.73 Å². The van der Waals surface area contributed by atoms with Crippen LogP contribution >= 0.6 is 0 Å². The van der Waals surface area contributed by atoms with Crippen LogP contribution in [0.25, 0.3) is 0 Å². The molecule has 2 aliphatic rings. The molecule has 2 bridgehead atoms. The van der Waals surface area contributed by atoms with Crippen LogP contribution in [0, 0.1) is 17.8 Å². The molecule has 1 saturated carbocycles.